The van der Waals surface area contributed by atoms with Gasteiger partial charge in [-0.1, -0.05) is 12.8 Å². The third-order valence-corrected chi connectivity index (χ3v) is 5.25. The largest absolute Gasteiger partial charge is 0.508 e. The van der Waals surface area contributed by atoms with Gasteiger partial charge in [-0.05, 0) is 50.1 Å². The van der Waals surface area contributed by atoms with Crippen molar-refractivity contribution in [2.45, 2.75) is 44.7 Å². The van der Waals surface area contributed by atoms with Crippen molar-refractivity contribution >= 4 is 16.9 Å². The van der Waals surface area contributed by atoms with E-state index in [2.05, 4.69) is 20.5 Å². The molecule has 140 valence electrons. The van der Waals surface area contributed by atoms with Gasteiger partial charge in [0, 0.05) is 23.3 Å². The number of amides is 1. The van der Waals surface area contributed by atoms with Crippen LogP contribution in [0, 0.1) is 6.92 Å². The lowest BCUT2D eigenvalue weighted by Crippen LogP contribution is -2.49. The fourth-order valence-corrected chi connectivity index (χ4v) is 3.72. The van der Waals surface area contributed by atoms with E-state index in [-0.39, 0.29) is 23.7 Å². The molecule has 1 aromatic carbocycles. The van der Waals surface area contributed by atoms with Crippen LogP contribution in [0.5, 0.6) is 5.75 Å². The number of carbonyl (C=O) groups excluding carboxylic acids is 1. The molecule has 1 aliphatic rings. The smallest absolute Gasteiger partial charge is 0.252 e. The molecule has 27 heavy (non-hydrogen) atoms. The normalized spacial score (nSPS) is 19.9. The second kappa shape index (κ2) is 7.00. The predicted octanol–water partition coefficient (Wildman–Crippen LogP) is 2.64. The number of pyridine rings is 1. The van der Waals surface area contributed by atoms with Gasteiger partial charge in [-0.2, -0.15) is 5.10 Å². The molecule has 7 heteroatoms. The Balaban J connectivity index is 1.74. The van der Waals surface area contributed by atoms with Gasteiger partial charge in [0.05, 0.1) is 16.6 Å². The van der Waals surface area contributed by atoms with Crippen LogP contribution in [0.1, 0.15) is 41.7 Å². The number of benzene rings is 1. The van der Waals surface area contributed by atoms with E-state index in [0.717, 1.165) is 42.3 Å². The summed E-state index contributed by atoms with van der Waals surface area (Å²) >= 11 is 0. The minimum absolute atomic E-state index is 0.0120. The zero-order valence-electron chi connectivity index (χ0n) is 15.2. The van der Waals surface area contributed by atoms with Gasteiger partial charge in [-0.25, -0.2) is 4.98 Å². The molecule has 2 aromatic heterocycles. The second-order valence-electron chi connectivity index (χ2n) is 7.18. The highest BCUT2D eigenvalue weighted by Crippen LogP contribution is 2.27. The molecule has 0 radical (unpaired) electrons. The minimum atomic E-state index is -0.158. The van der Waals surface area contributed by atoms with Crippen LogP contribution in [-0.4, -0.2) is 38.3 Å². The van der Waals surface area contributed by atoms with Gasteiger partial charge in [0.15, 0.2) is 5.65 Å². The van der Waals surface area contributed by atoms with Gasteiger partial charge in [0.25, 0.3) is 5.91 Å². The molecule has 2 heterocycles. The van der Waals surface area contributed by atoms with Crippen molar-refractivity contribution in [3.63, 3.8) is 0 Å². The molecule has 4 rings (SSSR count). The van der Waals surface area contributed by atoms with Gasteiger partial charge < -0.3 is 16.2 Å². The Labute approximate surface area is 157 Å². The summed E-state index contributed by atoms with van der Waals surface area (Å²) in [5, 5.41) is 20.5. The minimum Gasteiger partial charge on any atom is -0.508 e. The Hall–Kier alpha value is -2.93. The molecular weight excluding hydrogens is 342 g/mol. The number of H-pyrrole nitrogens is 1. The van der Waals surface area contributed by atoms with Gasteiger partial charge in [-0.15, -0.1) is 0 Å². The highest BCUT2D eigenvalue weighted by Gasteiger charge is 2.25. The summed E-state index contributed by atoms with van der Waals surface area (Å²) < 4.78 is 0. The third kappa shape index (κ3) is 3.38. The van der Waals surface area contributed by atoms with Crippen LogP contribution in [0.4, 0.5) is 0 Å². The molecule has 0 bridgehead atoms. The first kappa shape index (κ1) is 17.5. The SMILES string of the molecule is Cc1[nH]nc2nc(-c3ccc(O)cc3)cc(C(=O)NC3CCCC[C@@H]3N)c12. The van der Waals surface area contributed by atoms with Crippen LogP contribution in [0.15, 0.2) is 30.3 Å². The first-order valence-corrected chi connectivity index (χ1v) is 9.24. The average Bonchev–Trinajstić information content (AvgIpc) is 3.04. The summed E-state index contributed by atoms with van der Waals surface area (Å²) in [6.45, 7) is 1.88. The molecule has 0 spiro atoms. The number of phenols is 1. The van der Waals surface area contributed by atoms with Crippen molar-refractivity contribution < 1.29 is 9.90 Å². The van der Waals surface area contributed by atoms with E-state index in [1.807, 2.05) is 6.92 Å². The van der Waals surface area contributed by atoms with Crippen molar-refractivity contribution in [1.82, 2.24) is 20.5 Å². The van der Waals surface area contributed by atoms with Crippen molar-refractivity contribution in [3.05, 3.63) is 41.6 Å². The quantitative estimate of drug-likeness (QED) is 0.569. The Morgan fingerprint density at radius 1 is 1.26 bits per heavy atom. The van der Waals surface area contributed by atoms with E-state index < -0.39 is 0 Å². The first-order chi connectivity index (χ1) is 13.0. The van der Waals surface area contributed by atoms with E-state index in [0.29, 0.717) is 16.9 Å². The topological polar surface area (TPSA) is 117 Å². The summed E-state index contributed by atoms with van der Waals surface area (Å²) in [6.07, 6.45) is 4.02. The summed E-state index contributed by atoms with van der Waals surface area (Å²) in [5.74, 6) is 0.0222. The fraction of sp³-hybridized carbons (Fsp3) is 0.350. The molecule has 1 saturated carbocycles. The number of phenolic OH excluding ortho intramolecular Hbond substituents is 1. The fourth-order valence-electron chi connectivity index (χ4n) is 3.72. The van der Waals surface area contributed by atoms with Crippen LogP contribution in [-0.2, 0) is 0 Å². The van der Waals surface area contributed by atoms with Crippen molar-refractivity contribution in [2.75, 3.05) is 0 Å². The number of aromatic hydroxyl groups is 1. The molecule has 3 aromatic rings. The van der Waals surface area contributed by atoms with E-state index in [1.54, 1.807) is 30.3 Å². The van der Waals surface area contributed by atoms with Crippen LogP contribution in [0.25, 0.3) is 22.3 Å². The van der Waals surface area contributed by atoms with Gasteiger partial charge in [-0.3, -0.25) is 9.89 Å². The summed E-state index contributed by atoms with van der Waals surface area (Å²) in [4.78, 5) is 17.7. The van der Waals surface area contributed by atoms with E-state index >= 15 is 0 Å². The standard InChI is InChI=1S/C20H23N5O2/c1-11-18-14(20(27)23-16-5-3-2-4-15(16)21)10-17(22-19(18)25-24-11)12-6-8-13(26)9-7-12/h6-10,15-16,26H,2-5,21H2,1H3,(H,23,27)(H,22,24,25)/t15-,16?/m0/s1. The number of hydrogen-bond donors (Lipinski definition) is 4. The molecule has 7 nitrogen and oxygen atoms in total. The molecule has 2 atom stereocenters. The number of carbonyl (C=O) groups is 1. The lowest BCUT2D eigenvalue weighted by Gasteiger charge is -2.29. The predicted molar refractivity (Wildman–Crippen MR) is 103 cm³/mol. The monoisotopic (exact) mass is 365 g/mol. The highest BCUT2D eigenvalue weighted by atomic mass is 16.3. The molecular formula is C20H23N5O2. The Morgan fingerprint density at radius 3 is 2.74 bits per heavy atom. The third-order valence-electron chi connectivity index (χ3n) is 5.25. The first-order valence-electron chi connectivity index (χ1n) is 9.24. The summed E-state index contributed by atoms with van der Waals surface area (Å²) in [5.41, 5.74) is 9.46. The van der Waals surface area contributed by atoms with Gasteiger partial charge in [0.2, 0.25) is 0 Å². The molecule has 1 fully saturated rings. The Morgan fingerprint density at radius 2 is 2.00 bits per heavy atom. The van der Waals surface area contributed by atoms with E-state index in [4.69, 9.17) is 5.73 Å². The maximum atomic E-state index is 13.1. The number of rotatable bonds is 3. The number of fused-ring (bicyclic) bond motifs is 1. The van der Waals surface area contributed by atoms with Gasteiger partial charge >= 0.3 is 0 Å². The molecule has 1 aliphatic carbocycles. The second-order valence-corrected chi connectivity index (χ2v) is 7.18. The molecule has 1 unspecified atom stereocenters. The highest BCUT2D eigenvalue weighted by molar-refractivity contribution is 6.07. The summed E-state index contributed by atoms with van der Waals surface area (Å²) in [6, 6.07) is 8.47. The Bertz CT molecular complexity index is 980. The van der Waals surface area contributed by atoms with E-state index in [1.165, 1.54) is 0 Å². The molecule has 0 saturated heterocycles. The van der Waals surface area contributed by atoms with Crippen LogP contribution >= 0.6 is 0 Å². The number of hydrogen-bond acceptors (Lipinski definition) is 5. The van der Waals surface area contributed by atoms with Crippen LogP contribution < -0.4 is 11.1 Å². The number of nitrogens with one attached hydrogen (secondary N) is 2. The number of aromatic amines is 1. The maximum Gasteiger partial charge on any atom is 0.252 e. The lowest BCUT2D eigenvalue weighted by molar-refractivity contribution is 0.0923. The van der Waals surface area contributed by atoms with Crippen LogP contribution in [0.3, 0.4) is 0 Å². The zero-order valence-corrected chi connectivity index (χ0v) is 15.2. The molecule has 0 aliphatic heterocycles. The summed E-state index contributed by atoms with van der Waals surface area (Å²) in [7, 11) is 0. The maximum absolute atomic E-state index is 13.1. The van der Waals surface area contributed by atoms with Crippen molar-refractivity contribution in [2.24, 2.45) is 5.73 Å². The average molecular weight is 365 g/mol. The molecule has 1 amide bonds. The lowest BCUT2D eigenvalue weighted by atomic mass is 9.90. The number of aromatic nitrogens is 3. The number of nitrogens with two attached hydrogens (primary N) is 1. The van der Waals surface area contributed by atoms with Crippen molar-refractivity contribution in [1.29, 1.82) is 0 Å². The van der Waals surface area contributed by atoms with Gasteiger partial charge in [0.1, 0.15) is 5.75 Å². The Kier molecular flexibility index (Phi) is 4.53. The molecule has 5 N–H and O–H groups in total. The van der Waals surface area contributed by atoms with Crippen LogP contribution in [0.2, 0.25) is 0 Å². The van der Waals surface area contributed by atoms with E-state index in [9.17, 15) is 9.90 Å². The zero-order chi connectivity index (χ0) is 19.0. The number of aryl methyl sites for hydroxylation is 1. The number of nitrogens with zero attached hydrogens (tertiary/aromatic N) is 2. The van der Waals surface area contributed by atoms with Crippen molar-refractivity contribution in [3.8, 4) is 17.0 Å².